The SMILES string of the molecule is CN(CC(=O)O)CC(=O)O.CNCCN(CC(=O)O)CC(=O)O.CN[C@@H](CCC(=O)O)C(=O)O.CN[C@@H](CO)C(=O)O.COC(CC(=O)O)(CC(=O)O)C(=O)O.COCCN(CC(=O)O)CC(=O)O.COc1ccc(C[C@H](N)C(=O)O)cc1.Cc1ccc(C(=O)O)c(C(=O)O)c1. The number of hydrogen-bond acceptors (Lipinski definition) is 26. The van der Waals surface area contributed by atoms with Crippen LogP contribution in [-0.4, -0.2) is 331 Å². The molecule has 2 aromatic carbocycles. The molecule has 0 amide bonds. The molecule has 96 heavy (non-hydrogen) atoms. The van der Waals surface area contributed by atoms with Crippen molar-refractivity contribution in [1.29, 1.82) is 0 Å². The standard InChI is InChI=1S/C10H13NO3.C9H8O4.C7H14N2O4.C7H13NO5.C7H10O7.C6H11NO4.C5H9NO4.C4H9NO3/c1-14-8-4-2-7(3-5-8)6-9(11)10(12)13;1-5-2-3-6(8(10)11)7(4-5)9(12)13;1-8-2-3-9(4-6(10)11)5-7(12)13;1-13-3-2-8(4-6(9)10)5-7(11)12;1-14-7(6(12)13,2-4(8)9)3-5(10)11;1-7-4(6(10)11)2-3-5(8)9;1-6(2-4(7)8)3-5(9)10;1-5-3(2-6)4(7)8/h2-5,9H,6,11H2,1H3,(H,12,13);2-4H,1H3,(H,10,11)(H,12,13);8H,2-5H2,1H3,(H,10,11)(H,12,13);2-5H2,1H3,(H,9,10)(H,11,12);2-3H2,1H3,(H,8,9)(H,10,11)(H,12,13);4,7H,2-3H2,1H3,(H,8,9)(H,10,11);2-3H2,1H3,(H,7,8)(H,9,10);3,5-6H,2H2,1H3,(H,7,8)/t9-;;;;;4-;;3-/m0....0.0/s1. The minimum Gasteiger partial charge on any atom is -0.497 e. The molecule has 0 radical (unpaired) electrons. The Hall–Kier alpha value is -10.1. The van der Waals surface area contributed by atoms with Crippen LogP contribution < -0.4 is 26.4 Å². The lowest BCUT2D eigenvalue weighted by molar-refractivity contribution is -0.174. The van der Waals surface area contributed by atoms with Crippen LogP contribution in [-0.2, 0) is 78.2 Å². The lowest BCUT2D eigenvalue weighted by atomic mass is 9.95. The zero-order chi connectivity index (χ0) is 76.0. The molecule has 0 aliphatic heterocycles. The Kier molecular flexibility index (Phi) is 57.0. The molecule has 2 aromatic rings. The Morgan fingerprint density at radius 3 is 1.20 bits per heavy atom. The number of ether oxygens (including phenoxy) is 3. The van der Waals surface area contributed by atoms with Gasteiger partial charge in [-0.05, 0) is 77.8 Å². The highest BCUT2D eigenvalue weighted by Crippen LogP contribution is 2.21. The summed E-state index contributed by atoms with van der Waals surface area (Å²) in [6.45, 7) is 1.40. The summed E-state index contributed by atoms with van der Waals surface area (Å²) in [4.78, 5) is 158. The van der Waals surface area contributed by atoms with E-state index in [2.05, 4.69) is 20.7 Å². The van der Waals surface area contributed by atoms with Gasteiger partial charge in [0.15, 0.2) is 5.60 Å². The van der Waals surface area contributed by atoms with E-state index in [1.165, 1.54) is 55.1 Å². The molecule has 21 N–H and O–H groups in total. The third kappa shape index (κ3) is 56.6. The first-order valence-corrected chi connectivity index (χ1v) is 27.0. The quantitative estimate of drug-likeness (QED) is 0.0310. The van der Waals surface area contributed by atoms with Crippen LogP contribution in [0.15, 0.2) is 42.5 Å². The van der Waals surface area contributed by atoms with Crippen LogP contribution in [0.1, 0.15) is 57.5 Å². The first-order chi connectivity index (χ1) is 44.4. The van der Waals surface area contributed by atoms with Crippen molar-refractivity contribution >= 4 is 89.5 Å². The maximum absolute atomic E-state index is 10.7. The van der Waals surface area contributed by atoms with Gasteiger partial charge < -0.3 is 118 Å². The van der Waals surface area contributed by atoms with Crippen molar-refractivity contribution in [2.24, 2.45) is 5.73 Å². The summed E-state index contributed by atoms with van der Waals surface area (Å²) < 4.78 is 14.1. The summed E-state index contributed by atoms with van der Waals surface area (Å²) in [6.07, 6.45) is -1.48. The molecule has 3 atom stereocenters. The Morgan fingerprint density at radius 2 is 0.927 bits per heavy atom. The van der Waals surface area contributed by atoms with E-state index in [1.807, 2.05) is 12.1 Å². The van der Waals surface area contributed by atoms with Crippen LogP contribution in [0.25, 0.3) is 0 Å². The molecule has 546 valence electrons. The summed E-state index contributed by atoms with van der Waals surface area (Å²) in [5.41, 5.74) is 4.45. The number of aromatic carboxylic acids is 2. The highest BCUT2D eigenvalue weighted by molar-refractivity contribution is 6.01. The number of methoxy groups -OCH3 is 3. The number of aryl methyl sites for hydroxylation is 1. The van der Waals surface area contributed by atoms with Crippen LogP contribution in [0.4, 0.5) is 0 Å². The first-order valence-electron chi connectivity index (χ1n) is 27.0. The third-order valence-corrected chi connectivity index (χ3v) is 10.9. The van der Waals surface area contributed by atoms with Crippen LogP contribution in [0.3, 0.4) is 0 Å². The van der Waals surface area contributed by atoms with E-state index in [-0.39, 0.29) is 69.8 Å². The number of carbonyl (C=O) groups is 15. The molecule has 41 nitrogen and oxygen atoms in total. The Bertz CT molecular complexity index is 2640. The molecule has 0 aliphatic carbocycles. The number of nitrogens with zero attached hydrogens (tertiary/aromatic N) is 3. The minimum atomic E-state index is -2.20. The lowest BCUT2D eigenvalue weighted by Gasteiger charge is -2.23. The fourth-order valence-corrected chi connectivity index (χ4v) is 6.21. The van der Waals surface area contributed by atoms with Gasteiger partial charge >= 0.3 is 89.5 Å². The number of aliphatic hydroxyl groups excluding tert-OH is 1. The Balaban J connectivity index is -0.000000242. The predicted octanol–water partition coefficient (Wildman–Crippen LogP) is -3.51. The molecular weight excluding hydrogens is 1300 g/mol. The van der Waals surface area contributed by atoms with E-state index < -0.39 is 126 Å². The molecule has 0 bridgehead atoms. The predicted molar refractivity (Wildman–Crippen MR) is 326 cm³/mol. The van der Waals surface area contributed by atoms with Gasteiger partial charge in [-0.2, -0.15) is 0 Å². The van der Waals surface area contributed by atoms with Crippen molar-refractivity contribution in [1.82, 2.24) is 30.7 Å². The van der Waals surface area contributed by atoms with Crippen LogP contribution in [0.2, 0.25) is 0 Å². The van der Waals surface area contributed by atoms with Crippen molar-refractivity contribution in [3.05, 3.63) is 64.7 Å². The summed E-state index contributed by atoms with van der Waals surface area (Å²) >= 11 is 0. The number of benzene rings is 2. The number of nitrogens with one attached hydrogen (secondary N) is 3. The second kappa shape index (κ2) is 56.4. The summed E-state index contributed by atoms with van der Waals surface area (Å²) in [7, 11) is 10.1. The highest BCUT2D eigenvalue weighted by Gasteiger charge is 2.43. The van der Waals surface area contributed by atoms with Gasteiger partial charge in [-0.3, -0.25) is 72.2 Å². The monoisotopic (exact) mass is 1390 g/mol. The van der Waals surface area contributed by atoms with Gasteiger partial charge in [0.1, 0.15) is 23.9 Å². The molecule has 41 heteroatoms. The second-order valence-corrected chi connectivity index (χ2v) is 18.8. The highest BCUT2D eigenvalue weighted by atomic mass is 16.5. The minimum absolute atomic E-state index is 0.112. The number of likely N-dealkylation sites (N-methyl/N-ethyl adjacent to an activating group) is 4. The summed E-state index contributed by atoms with van der Waals surface area (Å²) in [6, 6.07) is 8.95. The fourth-order valence-electron chi connectivity index (χ4n) is 6.21. The zero-order valence-corrected chi connectivity index (χ0v) is 53.5. The Labute approximate surface area is 547 Å². The van der Waals surface area contributed by atoms with Gasteiger partial charge in [0.05, 0.1) is 83.6 Å². The largest absolute Gasteiger partial charge is 0.497 e. The van der Waals surface area contributed by atoms with Crippen molar-refractivity contribution in [3.8, 4) is 5.75 Å². The maximum Gasteiger partial charge on any atom is 0.337 e. The van der Waals surface area contributed by atoms with E-state index >= 15 is 0 Å². The van der Waals surface area contributed by atoms with E-state index in [0.717, 1.165) is 24.0 Å². The number of hydrogen-bond donors (Lipinski definition) is 20. The number of aliphatic carboxylic acids is 13. The van der Waals surface area contributed by atoms with Gasteiger partial charge in [0.2, 0.25) is 0 Å². The number of aliphatic hydroxyl groups is 1. The molecule has 0 saturated heterocycles. The summed E-state index contributed by atoms with van der Waals surface area (Å²) in [5.74, 6) is -16.4. The molecule has 0 spiro atoms. The first kappa shape index (κ1) is 97.0. The second-order valence-electron chi connectivity index (χ2n) is 18.8. The number of carboxylic acids is 15. The zero-order valence-electron chi connectivity index (χ0n) is 53.5. The topological polar surface area (TPSA) is 679 Å². The van der Waals surface area contributed by atoms with Crippen LogP contribution >= 0.6 is 0 Å². The van der Waals surface area contributed by atoms with E-state index in [9.17, 15) is 71.9 Å². The summed E-state index contributed by atoms with van der Waals surface area (Å²) in [5, 5.41) is 142. The Morgan fingerprint density at radius 1 is 0.521 bits per heavy atom. The van der Waals surface area contributed by atoms with Crippen LogP contribution in [0, 0.1) is 6.92 Å². The third-order valence-electron chi connectivity index (χ3n) is 10.9. The number of nitrogens with two attached hydrogens (primary N) is 1. The van der Waals surface area contributed by atoms with Gasteiger partial charge in [-0.1, -0.05) is 23.8 Å². The average molecular weight is 1390 g/mol. The van der Waals surface area contributed by atoms with Crippen LogP contribution in [0.5, 0.6) is 5.75 Å². The van der Waals surface area contributed by atoms with Gasteiger partial charge in [-0.15, -0.1) is 0 Å². The molecule has 0 aliphatic rings. The van der Waals surface area contributed by atoms with Crippen molar-refractivity contribution < 1.29 is 168 Å². The normalized spacial score (nSPS) is 11.0. The number of carboxylic acid groups (broad SMARTS) is 15. The van der Waals surface area contributed by atoms with Gasteiger partial charge in [0, 0.05) is 40.3 Å². The maximum atomic E-state index is 10.7. The fraction of sp³-hybridized carbons (Fsp3) is 0.509. The van der Waals surface area contributed by atoms with E-state index in [4.69, 9.17) is 96.9 Å². The number of rotatable bonds is 38. The lowest BCUT2D eigenvalue weighted by Crippen LogP contribution is -2.44. The van der Waals surface area contributed by atoms with Gasteiger partial charge in [-0.25, -0.2) is 14.4 Å². The molecule has 0 unspecified atom stereocenters. The van der Waals surface area contributed by atoms with Gasteiger partial charge in [0.25, 0.3) is 0 Å². The smallest absolute Gasteiger partial charge is 0.337 e. The molecule has 0 saturated carbocycles. The molecule has 0 aromatic heterocycles. The van der Waals surface area contributed by atoms with E-state index in [1.54, 1.807) is 39.3 Å². The van der Waals surface area contributed by atoms with E-state index in [0.29, 0.717) is 32.7 Å². The molecule has 0 heterocycles. The molecule has 2 rings (SSSR count). The van der Waals surface area contributed by atoms with Crippen molar-refractivity contribution in [3.63, 3.8) is 0 Å². The van der Waals surface area contributed by atoms with Crippen molar-refractivity contribution in [2.75, 3.05) is 122 Å². The van der Waals surface area contributed by atoms with Crippen molar-refractivity contribution in [2.45, 2.75) is 62.8 Å². The average Bonchev–Trinajstić information content (AvgIpc) is 0.870. The molecular formula is C55H87N7O34. The molecule has 0 fully saturated rings.